The third kappa shape index (κ3) is 5.08. The highest BCUT2D eigenvalue weighted by atomic mass is 16.5. The van der Waals surface area contributed by atoms with Gasteiger partial charge >= 0.3 is 5.97 Å². The van der Waals surface area contributed by atoms with Gasteiger partial charge in [0.05, 0.1) is 17.7 Å². The van der Waals surface area contributed by atoms with Crippen molar-refractivity contribution in [3.05, 3.63) is 114 Å². The number of hydrogen-bond acceptors (Lipinski definition) is 4. The van der Waals surface area contributed by atoms with Crippen LogP contribution >= 0.6 is 0 Å². The normalized spacial score (nSPS) is 10.5. The highest BCUT2D eigenvalue weighted by Gasteiger charge is 2.17. The molecule has 32 heavy (non-hydrogen) atoms. The van der Waals surface area contributed by atoms with Crippen molar-refractivity contribution < 1.29 is 19.1 Å². The number of ketones is 1. The van der Waals surface area contributed by atoms with Crippen LogP contribution in [0.2, 0.25) is 0 Å². The molecule has 4 rings (SSSR count). The molecular weight excluding hydrogens is 402 g/mol. The van der Waals surface area contributed by atoms with Crippen LogP contribution < -0.4 is 5.32 Å². The Morgan fingerprint density at radius 3 is 2.22 bits per heavy atom. The Labute approximate surface area is 185 Å². The van der Waals surface area contributed by atoms with E-state index in [1.54, 1.807) is 36.4 Å². The van der Waals surface area contributed by atoms with Gasteiger partial charge in [-0.3, -0.25) is 9.59 Å². The number of Topliss-reactive ketones (excluding diaryl/α,β-unsaturated/α-hetero) is 1. The fourth-order valence-electron chi connectivity index (χ4n) is 3.38. The molecule has 0 bridgehead atoms. The molecule has 4 aromatic rings. The second-order valence-electron chi connectivity index (χ2n) is 7.32. The molecular formula is C27H21NO4. The maximum Gasteiger partial charge on any atom is 0.340 e. The van der Waals surface area contributed by atoms with Crippen LogP contribution in [-0.4, -0.2) is 17.7 Å². The molecule has 0 unspecified atom stereocenters. The van der Waals surface area contributed by atoms with E-state index in [2.05, 4.69) is 5.32 Å². The van der Waals surface area contributed by atoms with Gasteiger partial charge in [-0.15, -0.1) is 0 Å². The zero-order valence-electron chi connectivity index (χ0n) is 17.3. The van der Waals surface area contributed by atoms with Crippen molar-refractivity contribution in [1.29, 1.82) is 0 Å². The molecule has 5 nitrogen and oxygen atoms in total. The number of esters is 1. The molecule has 158 valence electrons. The van der Waals surface area contributed by atoms with Crippen LogP contribution in [0.3, 0.4) is 0 Å². The van der Waals surface area contributed by atoms with Crippen molar-refractivity contribution in [3.63, 3.8) is 0 Å². The van der Waals surface area contributed by atoms with Crippen LogP contribution in [0.15, 0.2) is 97.1 Å². The Morgan fingerprint density at radius 2 is 1.41 bits per heavy atom. The number of fused-ring (bicyclic) bond motifs is 1. The van der Waals surface area contributed by atoms with Crippen molar-refractivity contribution in [3.8, 4) is 0 Å². The number of benzene rings is 4. The minimum atomic E-state index is -0.550. The Hall–Kier alpha value is -4.25. The quantitative estimate of drug-likeness (QED) is 0.245. The molecule has 0 saturated heterocycles. The average Bonchev–Trinajstić information content (AvgIpc) is 2.83. The van der Waals surface area contributed by atoms with E-state index in [1.807, 2.05) is 60.7 Å². The first kappa shape index (κ1) is 21.0. The fraction of sp³-hybridized carbons (Fsp3) is 0.0741. The molecule has 0 fully saturated rings. The Bertz CT molecular complexity index is 1280. The molecule has 0 radical (unpaired) electrons. The maximum absolute atomic E-state index is 12.6. The smallest absolute Gasteiger partial charge is 0.340 e. The van der Waals surface area contributed by atoms with Gasteiger partial charge in [-0.2, -0.15) is 0 Å². The molecule has 0 aromatic heterocycles. The van der Waals surface area contributed by atoms with Gasteiger partial charge in [0.1, 0.15) is 6.61 Å². The summed E-state index contributed by atoms with van der Waals surface area (Å²) in [6, 6.07) is 29.0. The van der Waals surface area contributed by atoms with Gasteiger partial charge in [0.25, 0.3) is 0 Å². The lowest BCUT2D eigenvalue weighted by Crippen LogP contribution is -2.19. The third-order valence-corrected chi connectivity index (χ3v) is 5.03. The first-order chi connectivity index (χ1) is 15.6. The Balaban J connectivity index is 1.41. The second kappa shape index (κ2) is 9.71. The first-order valence-corrected chi connectivity index (χ1v) is 10.2. The van der Waals surface area contributed by atoms with E-state index >= 15 is 0 Å². The summed E-state index contributed by atoms with van der Waals surface area (Å²) in [4.78, 5) is 37.7. The van der Waals surface area contributed by atoms with Crippen molar-refractivity contribution in [1.82, 2.24) is 0 Å². The van der Waals surface area contributed by atoms with Gasteiger partial charge in [-0.05, 0) is 34.5 Å². The summed E-state index contributed by atoms with van der Waals surface area (Å²) < 4.78 is 5.37. The number of para-hydroxylation sites is 1. The molecule has 1 amide bonds. The maximum atomic E-state index is 12.6. The number of nitrogens with one attached hydrogen (secondary N) is 1. The second-order valence-corrected chi connectivity index (χ2v) is 7.32. The lowest BCUT2D eigenvalue weighted by molar-refractivity contribution is -0.115. The number of carbonyl (C=O) groups is 3. The standard InChI is InChI=1S/C27H21NO4/c29-25(22-15-14-20-10-4-5-11-21(20)16-22)17-26(30)28-24-13-7-6-12-23(24)27(31)32-18-19-8-2-1-3-9-19/h1-16H,17-18H2,(H,28,30). The summed E-state index contributed by atoms with van der Waals surface area (Å²) in [6.45, 7) is 0.127. The largest absolute Gasteiger partial charge is 0.457 e. The average molecular weight is 423 g/mol. The molecule has 0 aliphatic heterocycles. The van der Waals surface area contributed by atoms with Gasteiger partial charge < -0.3 is 10.1 Å². The molecule has 0 aliphatic rings. The van der Waals surface area contributed by atoms with Crippen molar-refractivity contribution in [2.75, 3.05) is 5.32 Å². The SMILES string of the molecule is O=C(CC(=O)c1ccc2ccccc2c1)Nc1ccccc1C(=O)OCc1ccccc1. The molecule has 5 heteroatoms. The number of rotatable bonds is 7. The van der Waals surface area contributed by atoms with E-state index in [0.717, 1.165) is 16.3 Å². The molecule has 0 spiro atoms. The number of hydrogen-bond donors (Lipinski definition) is 1. The van der Waals surface area contributed by atoms with E-state index in [1.165, 1.54) is 0 Å². The molecule has 4 aromatic carbocycles. The highest BCUT2D eigenvalue weighted by molar-refractivity contribution is 6.13. The Kier molecular flexibility index (Phi) is 6.37. The Morgan fingerprint density at radius 1 is 0.719 bits per heavy atom. The third-order valence-electron chi connectivity index (χ3n) is 5.03. The summed E-state index contributed by atoms with van der Waals surface area (Å²) >= 11 is 0. The molecule has 0 aliphatic carbocycles. The zero-order valence-corrected chi connectivity index (χ0v) is 17.3. The van der Waals surface area contributed by atoms with E-state index in [0.29, 0.717) is 11.3 Å². The summed E-state index contributed by atoms with van der Waals surface area (Å²) in [7, 11) is 0. The minimum Gasteiger partial charge on any atom is -0.457 e. The molecule has 1 N–H and O–H groups in total. The summed E-state index contributed by atoms with van der Waals surface area (Å²) in [6.07, 6.45) is -0.328. The predicted octanol–water partition coefficient (Wildman–Crippen LogP) is 5.41. The van der Waals surface area contributed by atoms with Crippen LogP contribution in [-0.2, 0) is 16.1 Å². The molecule has 0 atom stereocenters. The van der Waals surface area contributed by atoms with Gasteiger partial charge in [-0.25, -0.2) is 4.79 Å². The van der Waals surface area contributed by atoms with E-state index < -0.39 is 11.9 Å². The monoisotopic (exact) mass is 423 g/mol. The van der Waals surface area contributed by atoms with E-state index in [4.69, 9.17) is 4.74 Å². The number of amides is 1. The number of anilines is 1. The van der Waals surface area contributed by atoms with Gasteiger partial charge in [0.2, 0.25) is 5.91 Å². The topological polar surface area (TPSA) is 72.5 Å². The summed E-state index contributed by atoms with van der Waals surface area (Å²) in [5, 5.41) is 4.63. The van der Waals surface area contributed by atoms with Crippen LogP contribution in [0, 0.1) is 0 Å². The summed E-state index contributed by atoms with van der Waals surface area (Å²) in [5.74, 6) is -1.34. The number of ether oxygens (including phenoxy) is 1. The fourth-order valence-corrected chi connectivity index (χ4v) is 3.38. The van der Waals surface area contributed by atoms with Gasteiger partial charge in [0.15, 0.2) is 5.78 Å². The van der Waals surface area contributed by atoms with Crippen LogP contribution in [0.25, 0.3) is 10.8 Å². The predicted molar refractivity (Wildman–Crippen MR) is 124 cm³/mol. The van der Waals surface area contributed by atoms with Crippen LogP contribution in [0.1, 0.15) is 32.7 Å². The van der Waals surface area contributed by atoms with Crippen molar-refractivity contribution in [2.24, 2.45) is 0 Å². The van der Waals surface area contributed by atoms with Gasteiger partial charge in [-0.1, -0.05) is 78.9 Å². The minimum absolute atomic E-state index is 0.127. The van der Waals surface area contributed by atoms with Crippen LogP contribution in [0.5, 0.6) is 0 Å². The van der Waals surface area contributed by atoms with E-state index in [-0.39, 0.29) is 24.4 Å². The molecule has 0 heterocycles. The van der Waals surface area contributed by atoms with E-state index in [9.17, 15) is 14.4 Å². The van der Waals surface area contributed by atoms with Crippen molar-refractivity contribution >= 4 is 34.1 Å². The molecule has 0 saturated carbocycles. The first-order valence-electron chi connectivity index (χ1n) is 10.2. The summed E-state index contributed by atoms with van der Waals surface area (Å²) in [5.41, 5.74) is 1.87. The number of carbonyl (C=O) groups excluding carboxylic acids is 3. The van der Waals surface area contributed by atoms with Crippen LogP contribution in [0.4, 0.5) is 5.69 Å². The van der Waals surface area contributed by atoms with Gasteiger partial charge in [0, 0.05) is 5.56 Å². The lowest BCUT2D eigenvalue weighted by Gasteiger charge is -2.11. The highest BCUT2D eigenvalue weighted by Crippen LogP contribution is 2.19. The lowest BCUT2D eigenvalue weighted by atomic mass is 10.0. The zero-order chi connectivity index (χ0) is 22.3. The van der Waals surface area contributed by atoms with Crippen molar-refractivity contribution in [2.45, 2.75) is 13.0 Å².